The number of benzene rings is 2. The van der Waals surface area contributed by atoms with Gasteiger partial charge in [-0.2, -0.15) is 10.2 Å². The van der Waals surface area contributed by atoms with Crippen LogP contribution in [0, 0.1) is 5.82 Å². The molecule has 190 valence electrons. The van der Waals surface area contributed by atoms with Crippen LogP contribution in [0.5, 0.6) is 0 Å². The summed E-state index contributed by atoms with van der Waals surface area (Å²) in [5.74, 6) is -0.915. The van der Waals surface area contributed by atoms with Gasteiger partial charge in [-0.3, -0.25) is 0 Å². The van der Waals surface area contributed by atoms with Crippen molar-refractivity contribution >= 4 is 28.3 Å². The van der Waals surface area contributed by atoms with Crippen molar-refractivity contribution in [1.82, 2.24) is 15.1 Å². The van der Waals surface area contributed by atoms with E-state index >= 15 is 0 Å². The molecule has 4 rings (SSSR count). The van der Waals surface area contributed by atoms with Crippen molar-refractivity contribution in [3.8, 4) is 0 Å². The van der Waals surface area contributed by atoms with E-state index < -0.39 is 29.4 Å². The molecule has 0 bridgehead atoms. The minimum atomic E-state index is -2.89. The van der Waals surface area contributed by atoms with Crippen molar-refractivity contribution in [3.05, 3.63) is 71.2 Å². The van der Waals surface area contributed by atoms with E-state index in [2.05, 4.69) is 15.5 Å². The van der Waals surface area contributed by atoms with E-state index in [0.717, 1.165) is 22.6 Å². The minimum absolute atomic E-state index is 0.145. The summed E-state index contributed by atoms with van der Waals surface area (Å²) in [5.41, 5.74) is 2.29. The number of amides is 1. The van der Waals surface area contributed by atoms with Gasteiger partial charge in [0.2, 0.25) is 0 Å². The third-order valence-corrected chi connectivity index (χ3v) is 6.00. The fourth-order valence-electron chi connectivity index (χ4n) is 4.18. The molecule has 1 atom stereocenters. The van der Waals surface area contributed by atoms with Crippen molar-refractivity contribution in [2.75, 3.05) is 18.4 Å². The quantitative estimate of drug-likeness (QED) is 0.414. The van der Waals surface area contributed by atoms with Crippen LogP contribution in [0.25, 0.3) is 16.5 Å². The summed E-state index contributed by atoms with van der Waals surface area (Å²) in [4.78, 5) is 14.0. The molecule has 36 heavy (non-hydrogen) atoms. The molecule has 0 aliphatic carbocycles. The second-order valence-corrected chi connectivity index (χ2v) is 9.81. The van der Waals surface area contributed by atoms with Crippen LogP contribution in [0.1, 0.15) is 63.3 Å². The standard InChI is InChI=1S/C27H29F3N4O2/c1-16(19-6-5-7-20(24(19)28)25(29)30)32-23-15-31-33-22-9-8-18(14-21(22)23)17-10-12-34(13-11-17)26(35)36-27(2,3)4/h5-10,14-16,25H,11-13H2,1-4H3,(H,32,33)/t16-/m1/s1. The summed E-state index contributed by atoms with van der Waals surface area (Å²) >= 11 is 0. The summed E-state index contributed by atoms with van der Waals surface area (Å²) < 4.78 is 46.5. The molecule has 3 aromatic rings. The van der Waals surface area contributed by atoms with Crippen LogP contribution in [0.2, 0.25) is 0 Å². The number of hydrogen-bond acceptors (Lipinski definition) is 5. The van der Waals surface area contributed by atoms with E-state index in [0.29, 0.717) is 30.7 Å². The number of alkyl halides is 2. The average Bonchev–Trinajstić information content (AvgIpc) is 2.83. The largest absolute Gasteiger partial charge is 0.444 e. The lowest BCUT2D eigenvalue weighted by atomic mass is 9.97. The number of carbonyl (C=O) groups is 1. The Morgan fingerprint density at radius 3 is 2.58 bits per heavy atom. The third kappa shape index (κ3) is 5.61. The Balaban J connectivity index is 1.57. The smallest absolute Gasteiger partial charge is 0.410 e. The zero-order valence-corrected chi connectivity index (χ0v) is 20.7. The predicted molar refractivity (Wildman–Crippen MR) is 133 cm³/mol. The molecular formula is C27H29F3N4O2. The first-order valence-corrected chi connectivity index (χ1v) is 11.8. The topological polar surface area (TPSA) is 67.4 Å². The Morgan fingerprint density at radius 1 is 1.17 bits per heavy atom. The molecule has 2 aromatic carbocycles. The highest BCUT2D eigenvalue weighted by atomic mass is 19.3. The van der Waals surface area contributed by atoms with E-state index in [1.807, 2.05) is 45.0 Å². The highest BCUT2D eigenvalue weighted by Crippen LogP contribution is 2.32. The van der Waals surface area contributed by atoms with Crippen LogP contribution in [-0.4, -0.2) is 39.9 Å². The molecule has 0 saturated heterocycles. The number of hydrogen-bond donors (Lipinski definition) is 1. The number of carbonyl (C=O) groups excluding carboxylic acids is 1. The maximum absolute atomic E-state index is 14.7. The fourth-order valence-corrected chi connectivity index (χ4v) is 4.18. The lowest BCUT2D eigenvalue weighted by Gasteiger charge is -2.29. The summed E-state index contributed by atoms with van der Waals surface area (Å²) in [6.07, 6.45) is 0.975. The first kappa shape index (κ1) is 25.5. The van der Waals surface area contributed by atoms with Crippen molar-refractivity contribution in [2.24, 2.45) is 0 Å². The lowest BCUT2D eigenvalue weighted by molar-refractivity contribution is 0.0270. The molecule has 0 saturated carbocycles. The van der Waals surface area contributed by atoms with Gasteiger partial charge in [-0.05, 0) is 57.4 Å². The predicted octanol–water partition coefficient (Wildman–Crippen LogP) is 6.90. The molecule has 1 aliphatic heterocycles. The van der Waals surface area contributed by atoms with Crippen LogP contribution < -0.4 is 5.32 Å². The van der Waals surface area contributed by atoms with E-state index in [9.17, 15) is 18.0 Å². The number of rotatable bonds is 5. The van der Waals surface area contributed by atoms with E-state index in [1.54, 1.807) is 11.8 Å². The Morgan fingerprint density at radius 2 is 1.92 bits per heavy atom. The highest BCUT2D eigenvalue weighted by Gasteiger charge is 2.24. The van der Waals surface area contributed by atoms with Gasteiger partial charge in [0.25, 0.3) is 6.43 Å². The van der Waals surface area contributed by atoms with E-state index in [1.165, 1.54) is 18.3 Å². The van der Waals surface area contributed by atoms with Crippen LogP contribution in [0.3, 0.4) is 0 Å². The van der Waals surface area contributed by atoms with Gasteiger partial charge in [-0.25, -0.2) is 18.0 Å². The van der Waals surface area contributed by atoms with Crippen molar-refractivity contribution in [3.63, 3.8) is 0 Å². The molecule has 0 fully saturated rings. The maximum atomic E-state index is 14.7. The summed E-state index contributed by atoms with van der Waals surface area (Å²) in [7, 11) is 0. The average molecular weight is 499 g/mol. The number of nitrogens with one attached hydrogen (secondary N) is 1. The second kappa shape index (κ2) is 10.2. The monoisotopic (exact) mass is 498 g/mol. The molecule has 1 N–H and O–H groups in total. The summed E-state index contributed by atoms with van der Waals surface area (Å²) in [6, 6.07) is 9.20. The molecule has 0 radical (unpaired) electrons. The zero-order valence-electron chi connectivity index (χ0n) is 20.7. The Hall–Kier alpha value is -3.62. The van der Waals surface area contributed by atoms with Gasteiger partial charge in [0.05, 0.1) is 29.0 Å². The van der Waals surface area contributed by atoms with Crippen LogP contribution in [-0.2, 0) is 4.74 Å². The Bertz CT molecular complexity index is 1300. The molecule has 0 unspecified atom stereocenters. The first-order valence-electron chi connectivity index (χ1n) is 11.8. The van der Waals surface area contributed by atoms with Crippen molar-refractivity contribution in [1.29, 1.82) is 0 Å². The van der Waals surface area contributed by atoms with E-state index in [-0.39, 0.29) is 11.7 Å². The van der Waals surface area contributed by atoms with Gasteiger partial charge in [0.1, 0.15) is 11.4 Å². The number of aromatic nitrogens is 2. The molecule has 1 amide bonds. The first-order chi connectivity index (χ1) is 17.0. The van der Waals surface area contributed by atoms with E-state index in [4.69, 9.17) is 4.74 Å². The molecule has 2 heterocycles. The number of nitrogens with zero attached hydrogens (tertiary/aromatic N) is 3. The SMILES string of the molecule is C[C@@H](Nc1cnnc2ccc(C3=CCN(C(=O)OC(C)(C)C)CC3)cc12)c1cccc(C(F)F)c1F. The lowest BCUT2D eigenvalue weighted by Crippen LogP contribution is -2.39. The van der Waals surface area contributed by atoms with Gasteiger partial charge >= 0.3 is 6.09 Å². The van der Waals surface area contributed by atoms with Crippen molar-refractivity contribution < 1.29 is 22.7 Å². The molecule has 6 nitrogen and oxygen atoms in total. The summed E-state index contributed by atoms with van der Waals surface area (Å²) in [6.45, 7) is 8.20. The molecule has 1 aliphatic rings. The molecular weight excluding hydrogens is 469 g/mol. The minimum Gasteiger partial charge on any atom is -0.444 e. The maximum Gasteiger partial charge on any atom is 0.410 e. The van der Waals surface area contributed by atoms with Crippen LogP contribution >= 0.6 is 0 Å². The van der Waals surface area contributed by atoms with Crippen LogP contribution in [0.15, 0.2) is 48.7 Å². The zero-order chi connectivity index (χ0) is 26.0. The molecule has 1 aromatic heterocycles. The Kier molecular flexibility index (Phi) is 7.19. The van der Waals surface area contributed by atoms with Gasteiger partial charge < -0.3 is 15.0 Å². The molecule has 9 heteroatoms. The summed E-state index contributed by atoms with van der Waals surface area (Å²) in [5, 5.41) is 12.2. The Labute approximate surface area is 208 Å². The normalized spacial score (nSPS) is 15.1. The van der Waals surface area contributed by atoms with Gasteiger partial charge in [0.15, 0.2) is 0 Å². The fraction of sp³-hybridized carbons (Fsp3) is 0.370. The van der Waals surface area contributed by atoms with Gasteiger partial charge in [0, 0.05) is 24.0 Å². The number of anilines is 1. The van der Waals surface area contributed by atoms with Crippen LogP contribution in [0.4, 0.5) is 23.7 Å². The van der Waals surface area contributed by atoms with Gasteiger partial charge in [-0.15, -0.1) is 0 Å². The number of halogens is 3. The van der Waals surface area contributed by atoms with Crippen molar-refractivity contribution in [2.45, 2.75) is 52.2 Å². The highest BCUT2D eigenvalue weighted by molar-refractivity contribution is 5.93. The third-order valence-electron chi connectivity index (χ3n) is 6.00. The van der Waals surface area contributed by atoms with Gasteiger partial charge in [-0.1, -0.05) is 30.3 Å². The molecule has 0 spiro atoms. The number of fused-ring (bicyclic) bond motifs is 1. The number of ether oxygens (including phenoxy) is 1. The second-order valence-electron chi connectivity index (χ2n) is 9.81.